The lowest BCUT2D eigenvalue weighted by atomic mass is 10.2. The molecule has 0 saturated heterocycles. The summed E-state index contributed by atoms with van der Waals surface area (Å²) in [6, 6.07) is 3.63. The summed E-state index contributed by atoms with van der Waals surface area (Å²) in [5.74, 6) is 1.71. The second kappa shape index (κ2) is 4.28. The average Bonchev–Trinajstić information content (AvgIpc) is 2.52. The van der Waals surface area contributed by atoms with E-state index in [0.717, 1.165) is 17.9 Å². The van der Waals surface area contributed by atoms with Crippen molar-refractivity contribution >= 4 is 0 Å². The molecule has 1 aromatic rings. The van der Waals surface area contributed by atoms with Crippen LogP contribution >= 0.6 is 0 Å². The molecule has 0 aliphatic rings. The number of hydrogen-bond acceptors (Lipinski definition) is 3. The fourth-order valence-electron chi connectivity index (χ4n) is 1.07. The van der Waals surface area contributed by atoms with Crippen molar-refractivity contribution in [2.45, 2.75) is 25.8 Å². The van der Waals surface area contributed by atoms with Crippen LogP contribution in [0.2, 0.25) is 0 Å². The second-order valence-electron chi connectivity index (χ2n) is 2.78. The number of furan rings is 1. The van der Waals surface area contributed by atoms with Crippen LogP contribution in [-0.4, -0.2) is 11.7 Å². The summed E-state index contributed by atoms with van der Waals surface area (Å²) in [4.78, 5) is 0. The van der Waals surface area contributed by atoms with Gasteiger partial charge in [0.05, 0.1) is 6.04 Å². The second-order valence-corrected chi connectivity index (χ2v) is 2.78. The van der Waals surface area contributed by atoms with Crippen molar-refractivity contribution in [3.8, 4) is 0 Å². The summed E-state index contributed by atoms with van der Waals surface area (Å²) in [7, 11) is 0. The normalized spacial score (nSPS) is 13.2. The molecule has 0 amide bonds. The van der Waals surface area contributed by atoms with Gasteiger partial charge in [-0.1, -0.05) is 6.92 Å². The highest BCUT2D eigenvalue weighted by Crippen LogP contribution is 2.17. The van der Waals surface area contributed by atoms with Crippen molar-refractivity contribution in [2.75, 3.05) is 6.61 Å². The smallest absolute Gasteiger partial charge is 0.120 e. The number of rotatable bonds is 4. The molecular formula is C9H15NO2. The highest BCUT2D eigenvalue weighted by atomic mass is 16.3. The quantitative estimate of drug-likeness (QED) is 0.712. The van der Waals surface area contributed by atoms with Crippen LogP contribution in [0.4, 0.5) is 0 Å². The molecule has 0 unspecified atom stereocenters. The first-order valence-corrected chi connectivity index (χ1v) is 4.23. The zero-order valence-electron chi connectivity index (χ0n) is 7.29. The van der Waals surface area contributed by atoms with Gasteiger partial charge in [0.2, 0.25) is 0 Å². The first kappa shape index (κ1) is 9.29. The van der Waals surface area contributed by atoms with Gasteiger partial charge in [-0.15, -0.1) is 0 Å². The van der Waals surface area contributed by atoms with E-state index in [-0.39, 0.29) is 12.6 Å². The van der Waals surface area contributed by atoms with Crippen LogP contribution in [0, 0.1) is 0 Å². The van der Waals surface area contributed by atoms with E-state index in [2.05, 4.69) is 0 Å². The Bertz CT molecular complexity index is 232. The Morgan fingerprint density at radius 2 is 2.33 bits per heavy atom. The first-order valence-electron chi connectivity index (χ1n) is 4.23. The number of aliphatic hydroxyl groups excluding tert-OH is 1. The van der Waals surface area contributed by atoms with Gasteiger partial charge in [-0.05, 0) is 18.6 Å². The van der Waals surface area contributed by atoms with E-state index in [1.165, 1.54) is 0 Å². The summed E-state index contributed by atoms with van der Waals surface area (Å²) in [6.45, 7) is 2.13. The van der Waals surface area contributed by atoms with Crippen LogP contribution in [0.3, 0.4) is 0 Å². The number of aliphatic hydroxyl groups is 1. The lowest BCUT2D eigenvalue weighted by Gasteiger charge is -2.04. The Morgan fingerprint density at radius 1 is 1.58 bits per heavy atom. The van der Waals surface area contributed by atoms with Crippen molar-refractivity contribution in [3.63, 3.8) is 0 Å². The van der Waals surface area contributed by atoms with Crippen LogP contribution in [-0.2, 0) is 6.42 Å². The molecule has 0 bridgehead atoms. The van der Waals surface area contributed by atoms with Crippen molar-refractivity contribution < 1.29 is 9.52 Å². The molecule has 1 heterocycles. The molecule has 68 valence electrons. The minimum Gasteiger partial charge on any atom is -0.464 e. The van der Waals surface area contributed by atoms with Crippen molar-refractivity contribution in [1.29, 1.82) is 0 Å². The van der Waals surface area contributed by atoms with E-state index < -0.39 is 0 Å². The molecule has 1 aromatic heterocycles. The van der Waals surface area contributed by atoms with Crippen LogP contribution in [0.5, 0.6) is 0 Å². The van der Waals surface area contributed by atoms with E-state index >= 15 is 0 Å². The van der Waals surface area contributed by atoms with Crippen molar-refractivity contribution in [3.05, 3.63) is 23.7 Å². The van der Waals surface area contributed by atoms with Crippen LogP contribution < -0.4 is 5.73 Å². The van der Waals surface area contributed by atoms with Crippen LogP contribution in [0.25, 0.3) is 0 Å². The highest BCUT2D eigenvalue weighted by Gasteiger charge is 2.09. The topological polar surface area (TPSA) is 59.4 Å². The third-order valence-electron chi connectivity index (χ3n) is 1.84. The van der Waals surface area contributed by atoms with Gasteiger partial charge < -0.3 is 15.3 Å². The van der Waals surface area contributed by atoms with E-state index in [4.69, 9.17) is 15.3 Å². The van der Waals surface area contributed by atoms with Gasteiger partial charge in [-0.3, -0.25) is 0 Å². The average molecular weight is 169 g/mol. The minimum absolute atomic E-state index is 0.101. The Kier molecular flexibility index (Phi) is 3.31. The maximum absolute atomic E-state index is 8.64. The van der Waals surface area contributed by atoms with E-state index in [1.54, 1.807) is 0 Å². The Balaban J connectivity index is 2.61. The minimum atomic E-state index is -0.171. The molecule has 0 radical (unpaired) electrons. The molecule has 0 spiro atoms. The van der Waals surface area contributed by atoms with Crippen LogP contribution in [0.1, 0.15) is 30.9 Å². The molecule has 12 heavy (non-hydrogen) atoms. The molecule has 1 rings (SSSR count). The highest BCUT2D eigenvalue weighted by molar-refractivity contribution is 5.10. The fraction of sp³-hybridized carbons (Fsp3) is 0.556. The Hall–Kier alpha value is -0.800. The van der Waals surface area contributed by atoms with Gasteiger partial charge in [-0.2, -0.15) is 0 Å². The van der Waals surface area contributed by atoms with Gasteiger partial charge in [0, 0.05) is 13.0 Å². The molecule has 0 fully saturated rings. The summed E-state index contributed by atoms with van der Waals surface area (Å²) >= 11 is 0. The number of hydrogen-bond donors (Lipinski definition) is 2. The third kappa shape index (κ3) is 2.09. The molecule has 0 aliphatic carbocycles. The lowest BCUT2D eigenvalue weighted by molar-refractivity contribution is 0.267. The number of aryl methyl sites for hydroxylation is 1. The summed E-state index contributed by atoms with van der Waals surface area (Å²) in [6.07, 6.45) is 1.43. The first-order chi connectivity index (χ1) is 5.77. The summed E-state index contributed by atoms with van der Waals surface area (Å²) in [5.41, 5.74) is 5.72. The van der Waals surface area contributed by atoms with Gasteiger partial charge in [0.25, 0.3) is 0 Å². The maximum Gasteiger partial charge on any atom is 0.120 e. The predicted octanol–water partition coefficient (Wildman–Crippen LogP) is 1.22. The summed E-state index contributed by atoms with van der Waals surface area (Å²) in [5, 5.41) is 8.64. The Morgan fingerprint density at radius 3 is 2.83 bits per heavy atom. The number of nitrogens with two attached hydrogens (primary N) is 1. The van der Waals surface area contributed by atoms with Gasteiger partial charge in [0.15, 0.2) is 0 Å². The van der Waals surface area contributed by atoms with Gasteiger partial charge >= 0.3 is 0 Å². The van der Waals surface area contributed by atoms with Crippen molar-refractivity contribution in [2.24, 2.45) is 5.73 Å². The fourth-order valence-corrected chi connectivity index (χ4v) is 1.07. The maximum atomic E-state index is 8.64. The van der Waals surface area contributed by atoms with E-state index in [9.17, 15) is 0 Å². The lowest BCUT2D eigenvalue weighted by Crippen LogP contribution is -2.10. The summed E-state index contributed by atoms with van der Waals surface area (Å²) < 4.78 is 5.41. The zero-order chi connectivity index (χ0) is 8.97. The largest absolute Gasteiger partial charge is 0.464 e. The van der Waals surface area contributed by atoms with Crippen molar-refractivity contribution in [1.82, 2.24) is 0 Å². The molecule has 3 N–H and O–H groups in total. The van der Waals surface area contributed by atoms with Gasteiger partial charge in [0.1, 0.15) is 11.5 Å². The van der Waals surface area contributed by atoms with E-state index in [1.807, 2.05) is 19.1 Å². The molecule has 1 atom stereocenters. The van der Waals surface area contributed by atoms with Gasteiger partial charge in [-0.25, -0.2) is 0 Å². The Labute approximate surface area is 72.2 Å². The SMILES string of the molecule is CCc1ccc([C@@H](N)CCO)o1. The zero-order valence-corrected chi connectivity index (χ0v) is 7.29. The monoisotopic (exact) mass is 169 g/mol. The standard InChI is InChI=1S/C9H15NO2/c1-2-7-3-4-9(12-7)8(10)5-6-11/h3-4,8,11H,2,5-6,10H2,1H3/t8-/m0/s1. The molecule has 3 nitrogen and oxygen atoms in total. The van der Waals surface area contributed by atoms with E-state index in [0.29, 0.717) is 6.42 Å². The molecule has 3 heteroatoms. The molecule has 0 aliphatic heterocycles. The van der Waals surface area contributed by atoms with Crippen LogP contribution in [0.15, 0.2) is 16.5 Å². The molecular weight excluding hydrogens is 154 g/mol. The predicted molar refractivity (Wildman–Crippen MR) is 46.7 cm³/mol. The molecule has 0 aromatic carbocycles. The molecule has 0 saturated carbocycles. The third-order valence-corrected chi connectivity index (χ3v) is 1.84.